The van der Waals surface area contributed by atoms with E-state index in [1.54, 1.807) is 12.1 Å². The maximum absolute atomic E-state index is 13.3. The van der Waals surface area contributed by atoms with E-state index in [9.17, 15) is 14.9 Å². The number of fused-ring (bicyclic) bond motifs is 2. The quantitative estimate of drug-likeness (QED) is 0.755. The number of benzene rings is 1. The van der Waals surface area contributed by atoms with E-state index < -0.39 is 21.3 Å². The molecule has 1 aromatic rings. The highest BCUT2D eigenvalue weighted by molar-refractivity contribution is 8.00. The Morgan fingerprint density at radius 2 is 2.00 bits per heavy atom. The number of hydrogen-bond acceptors (Lipinski definition) is 5. The van der Waals surface area contributed by atoms with Crippen molar-refractivity contribution in [2.75, 3.05) is 12.4 Å². The summed E-state index contributed by atoms with van der Waals surface area (Å²) >= 11 is 1.46. The zero-order valence-electron chi connectivity index (χ0n) is 12.4. The Hall–Kier alpha value is -2.09. The molecule has 1 aliphatic carbocycles. The molecule has 0 bridgehead atoms. The first-order valence-electron chi connectivity index (χ1n) is 7.23. The predicted molar refractivity (Wildman–Crippen MR) is 81.1 cm³/mol. The molecule has 5 nitrogen and oxygen atoms in total. The summed E-state index contributed by atoms with van der Waals surface area (Å²) in [6.45, 7) is 2.32. The molecule has 0 amide bonds. The Kier molecular flexibility index (Phi) is 2.56. The van der Waals surface area contributed by atoms with Crippen molar-refractivity contribution in [1.29, 1.82) is 10.5 Å². The summed E-state index contributed by atoms with van der Waals surface area (Å²) in [5.74, 6) is 0.601. The Morgan fingerprint density at radius 1 is 1.30 bits per heavy atom. The third-order valence-corrected chi connectivity index (χ3v) is 6.95. The topological polar surface area (TPSA) is 96.8 Å². The molecule has 7 heteroatoms. The molecular formula is C16H14FN4OS+. The van der Waals surface area contributed by atoms with Gasteiger partial charge in [0, 0.05) is 5.75 Å². The number of ether oxygens (including phenoxy) is 1. The van der Waals surface area contributed by atoms with Crippen LogP contribution in [-0.4, -0.2) is 23.3 Å². The molecule has 23 heavy (non-hydrogen) atoms. The minimum atomic E-state index is -1.20. The Labute approximate surface area is 136 Å². The number of rotatable bonds is 1. The third kappa shape index (κ3) is 1.17. The molecule has 2 aliphatic heterocycles. The number of nitriles is 2. The standard InChI is InChI=1S/C16H13FN4OS/c1-13(10-2-4-11(17)5-3-10)14(8-18)12(20)21-16(15(13,14)9-19)22-6-7-23-16/h2-5H,6-7H2,1H3,(H2,20,21)/p+1/t13-,14-,15+,16+/m0/s1. The molecular weight excluding hydrogens is 315 g/mol. The van der Waals surface area contributed by atoms with Gasteiger partial charge in [0.1, 0.15) is 5.82 Å². The molecule has 2 fully saturated rings. The van der Waals surface area contributed by atoms with Crippen LogP contribution in [-0.2, 0) is 10.2 Å². The van der Waals surface area contributed by atoms with Gasteiger partial charge in [-0.1, -0.05) is 30.8 Å². The second-order valence-corrected chi connectivity index (χ2v) is 7.48. The van der Waals surface area contributed by atoms with E-state index in [-0.39, 0.29) is 11.7 Å². The number of hydrogen-bond donors (Lipinski definition) is 2. The highest BCUT2D eigenvalue weighted by Crippen LogP contribution is 2.83. The van der Waals surface area contributed by atoms with Gasteiger partial charge in [-0.05, 0) is 17.7 Å². The first-order valence-corrected chi connectivity index (χ1v) is 8.22. The third-order valence-electron chi connectivity index (χ3n) is 5.65. The molecule has 0 radical (unpaired) electrons. The second kappa shape index (κ2) is 4.05. The fraction of sp³-hybridized carbons (Fsp3) is 0.438. The normalized spacial score (nSPS) is 43.6. The van der Waals surface area contributed by atoms with E-state index >= 15 is 0 Å². The average Bonchev–Trinajstić information content (AvgIpc) is 2.83. The lowest BCUT2D eigenvalue weighted by Gasteiger charge is -2.27. The number of nitrogens with zero attached hydrogens (tertiary/aromatic N) is 2. The van der Waals surface area contributed by atoms with E-state index in [2.05, 4.69) is 17.1 Å². The van der Waals surface area contributed by atoms with E-state index in [0.29, 0.717) is 17.9 Å². The van der Waals surface area contributed by atoms with Gasteiger partial charge in [-0.15, -0.1) is 0 Å². The van der Waals surface area contributed by atoms with Crippen molar-refractivity contribution in [2.24, 2.45) is 16.6 Å². The van der Waals surface area contributed by atoms with Gasteiger partial charge in [0.2, 0.25) is 0 Å². The summed E-state index contributed by atoms with van der Waals surface area (Å²) in [5, 5.41) is 19.0. The summed E-state index contributed by atoms with van der Waals surface area (Å²) < 4.78 is 19.2. The van der Waals surface area contributed by atoms with Gasteiger partial charge < -0.3 is 4.74 Å². The monoisotopic (exact) mass is 329 g/mol. The van der Waals surface area contributed by atoms with Crippen LogP contribution in [0.15, 0.2) is 24.3 Å². The Balaban J connectivity index is 2.00. The maximum atomic E-state index is 13.3. The van der Waals surface area contributed by atoms with Gasteiger partial charge >= 0.3 is 0 Å². The van der Waals surface area contributed by atoms with Gasteiger partial charge in [0.15, 0.2) is 10.8 Å². The van der Waals surface area contributed by atoms with Crippen LogP contribution in [0.25, 0.3) is 0 Å². The molecule has 1 saturated carbocycles. The lowest BCUT2D eigenvalue weighted by atomic mass is 9.85. The van der Waals surface area contributed by atoms with E-state index in [0.717, 1.165) is 0 Å². The SMILES string of the molecule is C[C@]1(c2ccc(F)cc2)[C@]2(C#N)C(N)=[NH+][C@@]3(OCCS3)[C@@]21C#N. The number of thioether (sulfide) groups is 1. The summed E-state index contributed by atoms with van der Waals surface area (Å²) in [6, 6.07) is 10.5. The van der Waals surface area contributed by atoms with E-state index in [4.69, 9.17) is 10.5 Å². The average molecular weight is 329 g/mol. The molecule has 1 saturated heterocycles. The van der Waals surface area contributed by atoms with Crippen LogP contribution in [0.2, 0.25) is 0 Å². The molecule has 3 N–H and O–H groups in total. The van der Waals surface area contributed by atoms with Crippen molar-refractivity contribution in [3.8, 4) is 12.1 Å². The van der Waals surface area contributed by atoms with Crippen LogP contribution in [0.1, 0.15) is 12.5 Å². The number of nitrogens with two attached hydrogens (primary N) is 1. The summed E-state index contributed by atoms with van der Waals surface area (Å²) in [7, 11) is 0. The van der Waals surface area contributed by atoms with Crippen molar-refractivity contribution in [1.82, 2.24) is 0 Å². The minimum Gasteiger partial charge on any atom is -0.327 e. The highest BCUT2D eigenvalue weighted by Gasteiger charge is 3.02. The van der Waals surface area contributed by atoms with Gasteiger partial charge in [-0.2, -0.15) is 10.5 Å². The lowest BCUT2D eigenvalue weighted by molar-refractivity contribution is -0.584. The van der Waals surface area contributed by atoms with E-state index in [1.165, 1.54) is 23.9 Å². The number of amidine groups is 1. The van der Waals surface area contributed by atoms with Crippen LogP contribution in [0, 0.1) is 39.3 Å². The fourth-order valence-corrected chi connectivity index (χ4v) is 6.00. The minimum absolute atomic E-state index is 0.253. The molecule has 4 atom stereocenters. The van der Waals surface area contributed by atoms with Gasteiger partial charge in [0.05, 0.1) is 24.2 Å². The molecule has 0 unspecified atom stereocenters. The maximum Gasteiger partial charge on any atom is 0.278 e. The van der Waals surface area contributed by atoms with Gasteiger partial charge in [-0.25, -0.2) is 9.38 Å². The summed E-state index contributed by atoms with van der Waals surface area (Å²) in [4.78, 5) is 3.06. The van der Waals surface area contributed by atoms with Crippen LogP contribution in [0.4, 0.5) is 4.39 Å². The smallest absolute Gasteiger partial charge is 0.278 e. The molecule has 1 aromatic carbocycles. The summed E-state index contributed by atoms with van der Waals surface area (Å²) in [5.41, 5.74) is 3.66. The first kappa shape index (κ1) is 14.5. The van der Waals surface area contributed by atoms with Crippen LogP contribution in [0.5, 0.6) is 0 Å². The van der Waals surface area contributed by atoms with Crippen molar-refractivity contribution < 1.29 is 14.1 Å². The van der Waals surface area contributed by atoms with Crippen molar-refractivity contribution in [3.05, 3.63) is 35.6 Å². The second-order valence-electron chi connectivity index (χ2n) is 6.21. The molecule has 0 aromatic heterocycles. The zero-order valence-corrected chi connectivity index (χ0v) is 13.2. The number of nitrogens with one attached hydrogen (secondary N) is 1. The van der Waals surface area contributed by atoms with Crippen molar-refractivity contribution in [2.45, 2.75) is 17.4 Å². The summed E-state index contributed by atoms with van der Waals surface area (Å²) in [6.07, 6.45) is 0. The van der Waals surface area contributed by atoms with Crippen LogP contribution >= 0.6 is 11.8 Å². The Morgan fingerprint density at radius 3 is 2.52 bits per heavy atom. The fourth-order valence-electron chi connectivity index (χ4n) is 4.57. The Bertz CT molecular complexity index is 820. The van der Waals surface area contributed by atoms with Crippen LogP contribution < -0.4 is 10.7 Å². The molecule has 2 heterocycles. The predicted octanol–water partition coefficient (Wildman–Crippen LogP) is -0.0144. The lowest BCUT2D eigenvalue weighted by Crippen LogP contribution is -2.88. The van der Waals surface area contributed by atoms with Crippen molar-refractivity contribution in [3.63, 3.8) is 0 Å². The van der Waals surface area contributed by atoms with Crippen molar-refractivity contribution >= 4 is 17.6 Å². The van der Waals surface area contributed by atoms with Gasteiger partial charge in [-0.3, -0.25) is 5.73 Å². The first-order chi connectivity index (χ1) is 11.0. The largest absolute Gasteiger partial charge is 0.327 e. The van der Waals surface area contributed by atoms with Crippen LogP contribution in [0.3, 0.4) is 0 Å². The highest BCUT2D eigenvalue weighted by atomic mass is 32.2. The van der Waals surface area contributed by atoms with Gasteiger partial charge in [0.25, 0.3) is 10.9 Å². The van der Waals surface area contributed by atoms with E-state index in [1.807, 2.05) is 6.92 Å². The zero-order chi connectivity index (χ0) is 16.5. The number of halogens is 1. The molecule has 4 rings (SSSR count). The molecule has 116 valence electrons. The molecule has 3 aliphatic rings. The molecule has 1 spiro atoms.